The molecule has 3 aromatic rings. The number of hydrogen-bond donors (Lipinski definition) is 3. The van der Waals surface area contributed by atoms with Gasteiger partial charge in [-0.2, -0.15) is 0 Å². The van der Waals surface area contributed by atoms with Gasteiger partial charge in [0.15, 0.2) is 11.7 Å². The van der Waals surface area contributed by atoms with E-state index in [1.54, 1.807) is 0 Å². The smallest absolute Gasteiger partial charge is 0.404 e. The van der Waals surface area contributed by atoms with E-state index < -0.39 is 18.2 Å². The van der Waals surface area contributed by atoms with Crippen molar-refractivity contribution in [2.24, 2.45) is 10.7 Å². The number of alkyl halides is 3. The lowest BCUT2D eigenvalue weighted by molar-refractivity contribution is -0.274. The van der Waals surface area contributed by atoms with E-state index in [0.29, 0.717) is 0 Å². The molecule has 1 atom stereocenters. The van der Waals surface area contributed by atoms with E-state index in [-0.39, 0.29) is 42.2 Å². The summed E-state index contributed by atoms with van der Waals surface area (Å²) in [5.74, 6) is -0.554. The van der Waals surface area contributed by atoms with Gasteiger partial charge in [0.2, 0.25) is 0 Å². The number of fused-ring (bicyclic) bond motifs is 1. The van der Waals surface area contributed by atoms with Gasteiger partial charge in [0.05, 0.1) is 12.2 Å². The number of thiophene rings is 1. The predicted molar refractivity (Wildman–Crippen MR) is 115 cm³/mol. The standard InChI is InChI=1S/C18H16F3N3O2S.HI/c19-18(20,21)26-14-7-3-2-6-12(14)24-17(22)23-10-13(25)16-9-11-5-1-4-8-15(11)27-16;/h1-9,13,25H,10H2,(H3,22,23,24);1H. The Labute approximate surface area is 180 Å². The number of rotatable bonds is 5. The number of para-hydroxylation sites is 2. The highest BCUT2D eigenvalue weighted by Gasteiger charge is 2.32. The quantitative estimate of drug-likeness (QED) is 0.253. The highest BCUT2D eigenvalue weighted by molar-refractivity contribution is 14.0. The molecule has 0 spiro atoms. The number of hydrogen-bond acceptors (Lipinski definition) is 4. The number of ether oxygens (including phenoxy) is 1. The molecule has 0 amide bonds. The summed E-state index contributed by atoms with van der Waals surface area (Å²) in [6, 6.07) is 15.1. The number of anilines is 1. The van der Waals surface area contributed by atoms with Crippen LogP contribution in [0.1, 0.15) is 11.0 Å². The molecular formula is C18H17F3IN3O2S. The number of nitrogens with zero attached hydrogens (tertiary/aromatic N) is 1. The van der Waals surface area contributed by atoms with Gasteiger partial charge < -0.3 is 20.9 Å². The first kappa shape index (κ1) is 22.2. The first-order valence-corrected chi connectivity index (χ1v) is 8.72. The topological polar surface area (TPSA) is 79.9 Å². The molecule has 10 heteroatoms. The van der Waals surface area contributed by atoms with Crippen molar-refractivity contribution in [1.82, 2.24) is 0 Å². The van der Waals surface area contributed by atoms with Crippen LogP contribution in [-0.2, 0) is 0 Å². The van der Waals surface area contributed by atoms with Crippen LogP contribution in [0.5, 0.6) is 5.75 Å². The Morgan fingerprint density at radius 3 is 2.57 bits per heavy atom. The van der Waals surface area contributed by atoms with Gasteiger partial charge in [-0.15, -0.1) is 48.5 Å². The second kappa shape index (κ2) is 9.43. The lowest BCUT2D eigenvalue weighted by Crippen LogP contribution is -2.25. The molecule has 0 aliphatic heterocycles. The summed E-state index contributed by atoms with van der Waals surface area (Å²) in [5.41, 5.74) is 5.75. The summed E-state index contributed by atoms with van der Waals surface area (Å²) in [7, 11) is 0. The number of guanidine groups is 1. The maximum atomic E-state index is 12.4. The average molecular weight is 523 g/mol. The third-order valence-electron chi connectivity index (χ3n) is 3.58. The van der Waals surface area contributed by atoms with Crippen LogP contribution in [0.3, 0.4) is 0 Å². The molecule has 28 heavy (non-hydrogen) atoms. The van der Waals surface area contributed by atoms with Gasteiger partial charge in [0, 0.05) is 9.58 Å². The van der Waals surface area contributed by atoms with Crippen LogP contribution in [0.2, 0.25) is 0 Å². The monoisotopic (exact) mass is 523 g/mol. The molecule has 4 N–H and O–H groups in total. The molecule has 1 unspecified atom stereocenters. The van der Waals surface area contributed by atoms with Gasteiger partial charge in [-0.3, -0.25) is 4.99 Å². The molecular weight excluding hydrogens is 506 g/mol. The molecule has 0 aliphatic rings. The molecule has 1 aromatic heterocycles. The van der Waals surface area contributed by atoms with Crippen LogP contribution in [0.25, 0.3) is 10.1 Å². The van der Waals surface area contributed by atoms with Gasteiger partial charge in [-0.05, 0) is 29.7 Å². The molecule has 0 saturated carbocycles. The SMILES string of the molecule is I.NC(=NCC(O)c1cc2ccccc2s1)Nc1ccccc1OC(F)(F)F. The maximum absolute atomic E-state index is 12.4. The fraction of sp³-hybridized carbons (Fsp3) is 0.167. The third-order valence-corrected chi connectivity index (χ3v) is 4.80. The molecule has 0 radical (unpaired) electrons. The predicted octanol–water partition coefficient (Wildman–Crippen LogP) is 4.88. The Morgan fingerprint density at radius 1 is 1.18 bits per heavy atom. The number of aliphatic imine (C=N–C) groups is 1. The normalized spacial score (nSPS) is 13.1. The Kier molecular flexibility index (Phi) is 7.49. The second-order valence-electron chi connectivity index (χ2n) is 5.60. The summed E-state index contributed by atoms with van der Waals surface area (Å²) >= 11 is 1.44. The van der Waals surface area contributed by atoms with E-state index >= 15 is 0 Å². The molecule has 0 saturated heterocycles. The lowest BCUT2D eigenvalue weighted by Gasteiger charge is -2.14. The van der Waals surface area contributed by atoms with Gasteiger partial charge in [-0.25, -0.2) is 0 Å². The van der Waals surface area contributed by atoms with E-state index in [4.69, 9.17) is 5.73 Å². The minimum absolute atomic E-state index is 0. The van der Waals surface area contributed by atoms with Crippen LogP contribution < -0.4 is 15.8 Å². The molecule has 0 fully saturated rings. The van der Waals surface area contributed by atoms with E-state index in [2.05, 4.69) is 15.0 Å². The first-order chi connectivity index (χ1) is 12.8. The number of halogens is 4. The van der Waals surface area contributed by atoms with Crippen LogP contribution in [0.4, 0.5) is 18.9 Å². The molecule has 0 aliphatic carbocycles. The fourth-order valence-electron chi connectivity index (χ4n) is 2.40. The van der Waals surface area contributed by atoms with Crippen molar-refractivity contribution in [1.29, 1.82) is 0 Å². The number of nitrogens with one attached hydrogen (secondary N) is 1. The van der Waals surface area contributed by atoms with E-state index in [9.17, 15) is 18.3 Å². The van der Waals surface area contributed by atoms with Crippen molar-refractivity contribution in [3.8, 4) is 5.75 Å². The summed E-state index contributed by atoms with van der Waals surface area (Å²) in [5, 5.41) is 13.9. The van der Waals surface area contributed by atoms with E-state index in [1.165, 1.54) is 29.5 Å². The summed E-state index contributed by atoms with van der Waals surface area (Å²) in [4.78, 5) is 4.74. The van der Waals surface area contributed by atoms with Crippen LogP contribution >= 0.6 is 35.3 Å². The third kappa shape index (κ3) is 5.97. The van der Waals surface area contributed by atoms with Crippen molar-refractivity contribution in [2.75, 3.05) is 11.9 Å². The molecule has 150 valence electrons. The minimum atomic E-state index is -4.82. The zero-order valence-electron chi connectivity index (χ0n) is 14.3. The Balaban J connectivity index is 0.00000280. The van der Waals surface area contributed by atoms with Crippen molar-refractivity contribution >= 4 is 57.0 Å². The highest BCUT2D eigenvalue weighted by atomic mass is 127. The molecule has 2 aromatic carbocycles. The van der Waals surface area contributed by atoms with Crippen molar-refractivity contribution in [3.63, 3.8) is 0 Å². The van der Waals surface area contributed by atoms with Gasteiger partial charge in [0.25, 0.3) is 0 Å². The molecule has 5 nitrogen and oxygen atoms in total. The van der Waals surface area contributed by atoms with Crippen molar-refractivity contribution in [2.45, 2.75) is 12.5 Å². The summed E-state index contributed by atoms with van der Waals surface area (Å²) in [6.45, 7) is -0.0338. The second-order valence-corrected chi connectivity index (χ2v) is 6.71. The fourth-order valence-corrected chi connectivity index (χ4v) is 3.44. The van der Waals surface area contributed by atoms with Crippen LogP contribution in [0.15, 0.2) is 59.6 Å². The number of aliphatic hydroxyl groups is 1. The Bertz CT molecular complexity index is 929. The van der Waals surface area contributed by atoms with Gasteiger partial charge >= 0.3 is 6.36 Å². The number of benzene rings is 2. The lowest BCUT2D eigenvalue weighted by atomic mass is 10.2. The zero-order valence-corrected chi connectivity index (χ0v) is 17.5. The van der Waals surface area contributed by atoms with Crippen molar-refractivity contribution in [3.05, 3.63) is 59.5 Å². The van der Waals surface area contributed by atoms with Crippen LogP contribution in [0, 0.1) is 0 Å². The molecule has 0 bridgehead atoms. The number of nitrogens with two attached hydrogens (primary N) is 1. The Hall–Kier alpha value is -2.05. The highest BCUT2D eigenvalue weighted by Crippen LogP contribution is 2.31. The summed E-state index contributed by atoms with van der Waals surface area (Å²) < 4.78 is 42.3. The van der Waals surface area contributed by atoms with Gasteiger partial charge in [0.1, 0.15) is 6.10 Å². The first-order valence-electron chi connectivity index (χ1n) is 7.90. The Morgan fingerprint density at radius 2 is 1.86 bits per heavy atom. The number of aliphatic hydroxyl groups excluding tert-OH is 1. The van der Waals surface area contributed by atoms with E-state index in [0.717, 1.165) is 21.0 Å². The molecule has 3 rings (SSSR count). The van der Waals surface area contributed by atoms with Gasteiger partial charge in [-0.1, -0.05) is 30.3 Å². The average Bonchev–Trinajstić information content (AvgIpc) is 3.04. The molecule has 1 heterocycles. The van der Waals surface area contributed by atoms with Crippen molar-refractivity contribution < 1.29 is 23.0 Å². The summed E-state index contributed by atoms with van der Waals surface area (Å²) in [6.07, 6.45) is -5.69. The maximum Gasteiger partial charge on any atom is 0.573 e. The minimum Gasteiger partial charge on any atom is -0.404 e. The largest absolute Gasteiger partial charge is 0.573 e. The van der Waals surface area contributed by atoms with Crippen LogP contribution in [-0.4, -0.2) is 24.0 Å². The van der Waals surface area contributed by atoms with E-state index in [1.807, 2.05) is 30.3 Å². The zero-order chi connectivity index (χ0) is 19.4.